The molecular formula is C34H33NO2S. The zero-order chi connectivity index (χ0) is 26.8. The molecule has 0 bridgehead atoms. The predicted molar refractivity (Wildman–Crippen MR) is 162 cm³/mol. The number of anilines is 1. The van der Waals surface area contributed by atoms with Crippen LogP contribution in [0.25, 0.3) is 28.3 Å². The van der Waals surface area contributed by atoms with Crippen LogP contribution in [-0.2, 0) is 24.2 Å². The van der Waals surface area contributed by atoms with Crippen molar-refractivity contribution in [3.05, 3.63) is 118 Å². The number of rotatable bonds is 7. The second-order valence-corrected chi connectivity index (χ2v) is 10.8. The van der Waals surface area contributed by atoms with Gasteiger partial charge in [0.25, 0.3) is 0 Å². The first kappa shape index (κ1) is 25.9. The molecule has 4 aromatic rings. The maximum Gasteiger partial charge on any atom is 0.307 e. The first-order chi connectivity index (χ1) is 18.4. The number of aliphatic carboxylic acids is 1. The summed E-state index contributed by atoms with van der Waals surface area (Å²) in [5, 5.41) is 9.86. The lowest BCUT2D eigenvalue weighted by Gasteiger charge is -2.36. The molecule has 4 aromatic carbocycles. The molecule has 0 fully saturated rings. The molecule has 1 N–H and O–H groups in total. The number of benzene rings is 4. The smallest absolute Gasteiger partial charge is 0.307 e. The fourth-order valence-electron chi connectivity index (χ4n) is 5.57. The molecule has 3 nitrogen and oxygen atoms in total. The number of allylic oxidation sites excluding steroid dienone is 1. The zero-order valence-electron chi connectivity index (χ0n) is 22.4. The summed E-state index contributed by atoms with van der Waals surface area (Å²) in [7, 11) is 0. The van der Waals surface area contributed by atoms with Crippen LogP contribution in [0.5, 0.6) is 0 Å². The van der Waals surface area contributed by atoms with Crippen molar-refractivity contribution in [2.45, 2.75) is 40.2 Å². The van der Waals surface area contributed by atoms with E-state index in [1.165, 1.54) is 33.4 Å². The van der Waals surface area contributed by atoms with Crippen molar-refractivity contribution in [3.8, 4) is 22.3 Å². The molecule has 0 spiro atoms. The number of carbonyl (C=O) groups is 1. The normalized spacial score (nSPS) is 12.5. The fraction of sp³-hybridized carbons (Fsp3) is 0.206. The molecule has 0 saturated heterocycles. The van der Waals surface area contributed by atoms with E-state index in [1.807, 2.05) is 6.07 Å². The molecule has 0 radical (unpaired) electrons. The van der Waals surface area contributed by atoms with Gasteiger partial charge in [0.05, 0.1) is 18.7 Å². The molecular weight excluding hydrogens is 486 g/mol. The van der Waals surface area contributed by atoms with E-state index in [0.717, 1.165) is 46.5 Å². The first-order valence-corrected chi connectivity index (χ1v) is 14.2. The Hall–Kier alpha value is -3.76. The minimum Gasteiger partial charge on any atom is -0.481 e. The van der Waals surface area contributed by atoms with Crippen LogP contribution in [0.15, 0.2) is 78.9 Å². The highest BCUT2D eigenvalue weighted by Crippen LogP contribution is 2.50. The molecule has 4 heteroatoms. The lowest BCUT2D eigenvalue weighted by molar-refractivity contribution is -0.136. The van der Waals surface area contributed by atoms with Crippen LogP contribution < -0.4 is 4.31 Å². The summed E-state index contributed by atoms with van der Waals surface area (Å²) in [5.41, 5.74) is 13.7. The van der Waals surface area contributed by atoms with Crippen molar-refractivity contribution in [1.29, 1.82) is 0 Å². The summed E-state index contributed by atoms with van der Waals surface area (Å²) in [4.78, 5) is 12.0. The number of fused-ring (bicyclic) bond motifs is 3. The Kier molecular flexibility index (Phi) is 7.44. The van der Waals surface area contributed by atoms with Gasteiger partial charge in [0.15, 0.2) is 0 Å². The number of carboxylic acid groups (broad SMARTS) is 1. The minimum absolute atomic E-state index is 0.000501. The van der Waals surface area contributed by atoms with E-state index in [-0.39, 0.29) is 6.42 Å². The summed E-state index contributed by atoms with van der Waals surface area (Å²) >= 11 is 1.69. The van der Waals surface area contributed by atoms with Gasteiger partial charge in [-0.3, -0.25) is 4.79 Å². The van der Waals surface area contributed by atoms with Crippen LogP contribution >= 0.6 is 11.9 Å². The van der Waals surface area contributed by atoms with E-state index >= 15 is 0 Å². The van der Waals surface area contributed by atoms with Crippen LogP contribution in [0.4, 0.5) is 5.69 Å². The van der Waals surface area contributed by atoms with E-state index in [2.05, 4.69) is 110 Å². The molecule has 5 rings (SSSR count). The average Bonchev–Trinajstić information content (AvgIpc) is 2.92. The minimum atomic E-state index is -0.807. The van der Waals surface area contributed by atoms with Crippen molar-refractivity contribution >= 4 is 29.7 Å². The van der Waals surface area contributed by atoms with Crippen molar-refractivity contribution in [2.75, 3.05) is 10.6 Å². The number of hydrogen-bond donors (Lipinski definition) is 1. The van der Waals surface area contributed by atoms with Crippen LogP contribution in [0.1, 0.15) is 38.9 Å². The van der Waals surface area contributed by atoms with Crippen molar-refractivity contribution in [1.82, 2.24) is 0 Å². The Bertz CT molecular complexity index is 1520. The van der Waals surface area contributed by atoms with E-state index in [1.54, 1.807) is 11.9 Å². The van der Waals surface area contributed by atoms with E-state index in [0.29, 0.717) is 0 Å². The van der Waals surface area contributed by atoms with Gasteiger partial charge >= 0.3 is 5.97 Å². The predicted octanol–water partition coefficient (Wildman–Crippen LogP) is 8.43. The molecule has 0 amide bonds. The Balaban J connectivity index is 1.68. The van der Waals surface area contributed by atoms with Gasteiger partial charge < -0.3 is 9.41 Å². The third-order valence-corrected chi connectivity index (χ3v) is 8.21. The number of hydrogen-bond acceptors (Lipinski definition) is 3. The van der Waals surface area contributed by atoms with Gasteiger partial charge in [-0.1, -0.05) is 96.4 Å². The largest absolute Gasteiger partial charge is 0.481 e. The summed E-state index contributed by atoms with van der Waals surface area (Å²) in [6.45, 7) is 7.11. The SMILES string of the molecule is CSN1Cc2ccc(/C=C/Cc3ccccc3)cc2-c2c(C)c(-c3ccc(C)cc3)c(CC(=O)O)c(C)c21. The highest BCUT2D eigenvalue weighted by atomic mass is 32.2. The van der Waals surface area contributed by atoms with E-state index < -0.39 is 5.97 Å². The van der Waals surface area contributed by atoms with Gasteiger partial charge in [0, 0.05) is 11.8 Å². The third kappa shape index (κ3) is 5.01. The summed E-state index contributed by atoms with van der Waals surface area (Å²) < 4.78 is 2.31. The van der Waals surface area contributed by atoms with Gasteiger partial charge in [0.1, 0.15) is 0 Å². The van der Waals surface area contributed by atoms with Gasteiger partial charge in [-0.15, -0.1) is 0 Å². The average molecular weight is 520 g/mol. The lowest BCUT2D eigenvalue weighted by Crippen LogP contribution is -2.22. The number of carboxylic acids is 1. The Morgan fingerprint density at radius 3 is 2.37 bits per heavy atom. The quantitative estimate of drug-likeness (QED) is 0.249. The highest BCUT2D eigenvalue weighted by Gasteiger charge is 2.30. The maximum atomic E-state index is 12.0. The second-order valence-electron chi connectivity index (χ2n) is 9.99. The molecule has 0 aliphatic carbocycles. The lowest BCUT2D eigenvalue weighted by atomic mass is 9.80. The molecule has 0 unspecified atom stereocenters. The number of aryl methyl sites for hydroxylation is 1. The number of nitrogens with zero attached hydrogens (tertiary/aromatic N) is 1. The van der Waals surface area contributed by atoms with Crippen LogP contribution in [0.3, 0.4) is 0 Å². The second kappa shape index (κ2) is 10.9. The highest BCUT2D eigenvalue weighted by molar-refractivity contribution is 7.99. The van der Waals surface area contributed by atoms with E-state index in [9.17, 15) is 9.90 Å². The molecule has 192 valence electrons. The molecule has 38 heavy (non-hydrogen) atoms. The summed E-state index contributed by atoms with van der Waals surface area (Å²) in [6.07, 6.45) is 7.41. The monoisotopic (exact) mass is 519 g/mol. The van der Waals surface area contributed by atoms with E-state index in [4.69, 9.17) is 0 Å². The molecule has 1 heterocycles. The van der Waals surface area contributed by atoms with Crippen LogP contribution in [-0.4, -0.2) is 17.3 Å². The maximum absolute atomic E-state index is 12.0. The van der Waals surface area contributed by atoms with Gasteiger partial charge in [-0.05, 0) is 83.3 Å². The fourth-order valence-corrected chi connectivity index (χ4v) is 6.25. The van der Waals surface area contributed by atoms with Crippen molar-refractivity contribution in [2.24, 2.45) is 0 Å². The third-order valence-electron chi connectivity index (χ3n) is 7.46. The standard InChI is InChI=1S/C34H33NO2S/c1-22-13-16-27(17-14-22)32-24(3)33-30-19-26(12-8-11-25-9-6-5-7-10-25)15-18-28(30)21-35(38-4)34(33)23(2)29(32)20-31(36)37/h5-10,12-19H,11,20-21H2,1-4H3,(H,36,37)/b12-8+. The molecule has 1 aliphatic rings. The summed E-state index contributed by atoms with van der Waals surface area (Å²) in [5.74, 6) is -0.807. The Labute approximate surface area is 230 Å². The first-order valence-electron chi connectivity index (χ1n) is 13.0. The van der Waals surface area contributed by atoms with Crippen LogP contribution in [0, 0.1) is 20.8 Å². The van der Waals surface area contributed by atoms with Gasteiger partial charge in [-0.25, -0.2) is 0 Å². The Morgan fingerprint density at radius 2 is 1.68 bits per heavy atom. The molecule has 1 aliphatic heterocycles. The summed E-state index contributed by atoms with van der Waals surface area (Å²) in [6, 6.07) is 25.7. The zero-order valence-corrected chi connectivity index (χ0v) is 23.2. The molecule has 0 atom stereocenters. The van der Waals surface area contributed by atoms with Crippen molar-refractivity contribution < 1.29 is 9.90 Å². The molecule has 0 aromatic heterocycles. The van der Waals surface area contributed by atoms with Gasteiger partial charge in [-0.2, -0.15) is 0 Å². The molecule has 0 saturated carbocycles. The Morgan fingerprint density at radius 1 is 0.947 bits per heavy atom. The topological polar surface area (TPSA) is 40.5 Å². The van der Waals surface area contributed by atoms with Crippen molar-refractivity contribution in [3.63, 3.8) is 0 Å². The van der Waals surface area contributed by atoms with Gasteiger partial charge in [0.2, 0.25) is 0 Å². The van der Waals surface area contributed by atoms with Crippen LogP contribution in [0.2, 0.25) is 0 Å².